The van der Waals surface area contributed by atoms with Crippen LogP contribution in [0.5, 0.6) is 0 Å². The lowest BCUT2D eigenvalue weighted by Crippen LogP contribution is -2.22. The first-order valence-corrected chi connectivity index (χ1v) is 6.32. The van der Waals surface area contributed by atoms with Crippen molar-refractivity contribution in [2.75, 3.05) is 6.61 Å². The van der Waals surface area contributed by atoms with Crippen LogP contribution in [0.4, 0.5) is 0 Å². The van der Waals surface area contributed by atoms with Crippen molar-refractivity contribution in [3.63, 3.8) is 0 Å². The normalized spacial score (nSPS) is 9.74. The Hall–Kier alpha value is -1.58. The van der Waals surface area contributed by atoms with Gasteiger partial charge in [-0.25, -0.2) is 9.59 Å². The van der Waals surface area contributed by atoms with E-state index in [1.54, 1.807) is 6.92 Å². The molecule has 0 saturated carbocycles. The van der Waals surface area contributed by atoms with E-state index in [0.29, 0.717) is 12.2 Å². The summed E-state index contributed by atoms with van der Waals surface area (Å²) < 4.78 is 9.64. The number of esters is 2. The van der Waals surface area contributed by atoms with Crippen LogP contribution in [0.15, 0.2) is 24.8 Å². The second-order valence-corrected chi connectivity index (χ2v) is 5.01. The van der Waals surface area contributed by atoms with Crippen LogP contribution in [0, 0.1) is 0 Å². The number of unbranched alkanes of at least 4 members (excludes halogenated alkanes) is 1. The molecule has 0 fully saturated rings. The lowest BCUT2D eigenvalue weighted by atomic mass is 10.2. The molecule has 4 nitrogen and oxygen atoms in total. The zero-order valence-electron chi connectivity index (χ0n) is 12.7. The quantitative estimate of drug-likeness (QED) is 0.436. The minimum atomic E-state index is -0.398. The molecule has 0 atom stereocenters. The van der Waals surface area contributed by atoms with Crippen molar-refractivity contribution < 1.29 is 19.1 Å². The molecule has 0 spiro atoms. The SMILES string of the molecule is C=C(C)C(=O)OCCCC.C=CC(=O)OC(C)(C)C. The van der Waals surface area contributed by atoms with E-state index in [4.69, 9.17) is 9.47 Å². The number of carbonyl (C=O) groups excluding carboxylic acids is 2. The Morgan fingerprint density at radius 3 is 2.05 bits per heavy atom. The summed E-state index contributed by atoms with van der Waals surface area (Å²) in [5, 5.41) is 0. The van der Waals surface area contributed by atoms with E-state index in [2.05, 4.69) is 20.1 Å². The minimum Gasteiger partial charge on any atom is -0.462 e. The minimum absolute atomic E-state index is 0.284. The highest BCUT2D eigenvalue weighted by atomic mass is 16.6. The van der Waals surface area contributed by atoms with Crippen LogP contribution in [-0.2, 0) is 19.1 Å². The largest absolute Gasteiger partial charge is 0.462 e. The first-order chi connectivity index (χ1) is 8.64. The molecule has 19 heavy (non-hydrogen) atoms. The summed E-state index contributed by atoms with van der Waals surface area (Å²) in [4.78, 5) is 21.2. The number of ether oxygens (including phenoxy) is 2. The zero-order chi connectivity index (χ0) is 15.5. The van der Waals surface area contributed by atoms with Crippen LogP contribution in [0.3, 0.4) is 0 Å². The van der Waals surface area contributed by atoms with E-state index in [1.165, 1.54) is 0 Å². The number of rotatable bonds is 5. The number of hydrogen-bond acceptors (Lipinski definition) is 4. The number of carbonyl (C=O) groups is 2. The fourth-order valence-electron chi connectivity index (χ4n) is 0.776. The Morgan fingerprint density at radius 2 is 1.79 bits per heavy atom. The third-order valence-corrected chi connectivity index (χ3v) is 1.65. The standard InChI is InChI=1S/C8H14O2.C7H12O2/c1-4-5-6-10-8(9)7(2)3;1-5-6(8)9-7(2,3)4/h2,4-6H2,1,3H3;5H,1H2,2-4H3. The maximum atomic E-state index is 10.7. The second kappa shape index (κ2) is 10.4. The molecule has 0 aromatic heterocycles. The Morgan fingerprint density at radius 1 is 1.26 bits per heavy atom. The Bertz CT molecular complexity index is 311. The predicted molar refractivity (Wildman–Crippen MR) is 76.7 cm³/mol. The molecule has 0 unspecified atom stereocenters. The van der Waals surface area contributed by atoms with Gasteiger partial charge in [0.1, 0.15) is 5.60 Å². The Kier molecular flexibility index (Phi) is 10.8. The van der Waals surface area contributed by atoms with Gasteiger partial charge in [-0.1, -0.05) is 26.5 Å². The molecule has 0 rings (SSSR count). The topological polar surface area (TPSA) is 52.6 Å². The summed E-state index contributed by atoms with van der Waals surface area (Å²) in [6.07, 6.45) is 3.13. The molecule has 0 N–H and O–H groups in total. The Labute approximate surface area is 116 Å². The third kappa shape index (κ3) is 16.4. The molecule has 0 saturated heterocycles. The van der Waals surface area contributed by atoms with Gasteiger partial charge < -0.3 is 9.47 Å². The van der Waals surface area contributed by atoms with E-state index < -0.39 is 5.60 Å². The zero-order valence-corrected chi connectivity index (χ0v) is 12.7. The van der Waals surface area contributed by atoms with Gasteiger partial charge in [0, 0.05) is 11.6 Å². The monoisotopic (exact) mass is 270 g/mol. The average Bonchev–Trinajstić information content (AvgIpc) is 2.27. The highest BCUT2D eigenvalue weighted by molar-refractivity contribution is 5.86. The smallest absolute Gasteiger partial charge is 0.333 e. The van der Waals surface area contributed by atoms with Crippen LogP contribution in [0.1, 0.15) is 47.5 Å². The first kappa shape index (κ1) is 19.8. The molecule has 0 amide bonds. The molecule has 0 radical (unpaired) electrons. The van der Waals surface area contributed by atoms with Gasteiger partial charge in [0.05, 0.1) is 6.61 Å². The molecule has 110 valence electrons. The van der Waals surface area contributed by atoms with Crippen LogP contribution < -0.4 is 0 Å². The van der Waals surface area contributed by atoms with Crippen molar-refractivity contribution in [1.82, 2.24) is 0 Å². The lowest BCUT2D eigenvalue weighted by molar-refractivity contribution is -0.148. The van der Waals surface area contributed by atoms with Gasteiger partial charge in [0.15, 0.2) is 0 Å². The van der Waals surface area contributed by atoms with Crippen LogP contribution in [0.25, 0.3) is 0 Å². The molecular weight excluding hydrogens is 244 g/mol. The summed E-state index contributed by atoms with van der Waals surface area (Å²) in [5.41, 5.74) is 0.0711. The van der Waals surface area contributed by atoms with E-state index in [-0.39, 0.29) is 11.9 Å². The maximum Gasteiger partial charge on any atom is 0.333 e. The fourth-order valence-corrected chi connectivity index (χ4v) is 0.776. The summed E-state index contributed by atoms with van der Waals surface area (Å²) in [5.74, 6) is -0.657. The van der Waals surface area contributed by atoms with Gasteiger partial charge in [0.2, 0.25) is 0 Å². The van der Waals surface area contributed by atoms with Crippen LogP contribution in [-0.4, -0.2) is 24.1 Å². The number of hydrogen-bond donors (Lipinski definition) is 0. The summed E-state index contributed by atoms with van der Waals surface area (Å²) in [6.45, 7) is 16.4. The Balaban J connectivity index is 0. The van der Waals surface area contributed by atoms with E-state index in [1.807, 2.05) is 20.8 Å². The molecule has 0 bridgehead atoms. The van der Waals surface area contributed by atoms with E-state index >= 15 is 0 Å². The van der Waals surface area contributed by atoms with Crippen LogP contribution >= 0.6 is 0 Å². The molecule has 0 aliphatic rings. The van der Waals surface area contributed by atoms with Gasteiger partial charge in [-0.2, -0.15) is 0 Å². The molecule has 0 aliphatic carbocycles. The lowest BCUT2D eigenvalue weighted by Gasteiger charge is -2.17. The van der Waals surface area contributed by atoms with Gasteiger partial charge in [-0.3, -0.25) is 0 Å². The molecular formula is C15H26O4. The van der Waals surface area contributed by atoms with Crippen molar-refractivity contribution in [2.45, 2.75) is 53.1 Å². The molecule has 4 heteroatoms. The highest BCUT2D eigenvalue weighted by Crippen LogP contribution is 2.06. The molecule has 0 aromatic carbocycles. The maximum absolute atomic E-state index is 10.7. The van der Waals surface area contributed by atoms with E-state index in [0.717, 1.165) is 18.9 Å². The van der Waals surface area contributed by atoms with Crippen molar-refractivity contribution in [1.29, 1.82) is 0 Å². The summed E-state index contributed by atoms with van der Waals surface area (Å²) >= 11 is 0. The van der Waals surface area contributed by atoms with Gasteiger partial charge in [0.25, 0.3) is 0 Å². The fraction of sp³-hybridized carbons (Fsp3) is 0.600. The molecule has 0 aromatic rings. The second-order valence-electron chi connectivity index (χ2n) is 5.01. The van der Waals surface area contributed by atoms with E-state index in [9.17, 15) is 9.59 Å². The van der Waals surface area contributed by atoms with Crippen molar-refractivity contribution in [3.8, 4) is 0 Å². The summed E-state index contributed by atoms with van der Waals surface area (Å²) in [7, 11) is 0. The molecule has 0 aliphatic heterocycles. The average molecular weight is 270 g/mol. The van der Waals surface area contributed by atoms with Gasteiger partial charge >= 0.3 is 11.9 Å². The van der Waals surface area contributed by atoms with Crippen molar-refractivity contribution in [3.05, 3.63) is 24.8 Å². The first-order valence-electron chi connectivity index (χ1n) is 6.32. The van der Waals surface area contributed by atoms with Gasteiger partial charge in [-0.15, -0.1) is 0 Å². The van der Waals surface area contributed by atoms with Crippen LogP contribution in [0.2, 0.25) is 0 Å². The van der Waals surface area contributed by atoms with Crippen molar-refractivity contribution >= 4 is 11.9 Å². The predicted octanol–water partition coefficient (Wildman–Crippen LogP) is 3.42. The summed E-state index contributed by atoms with van der Waals surface area (Å²) in [6, 6.07) is 0. The highest BCUT2D eigenvalue weighted by Gasteiger charge is 2.12. The molecule has 0 heterocycles. The van der Waals surface area contributed by atoms with Gasteiger partial charge in [-0.05, 0) is 34.1 Å². The third-order valence-electron chi connectivity index (χ3n) is 1.65. The van der Waals surface area contributed by atoms with Crippen molar-refractivity contribution in [2.24, 2.45) is 0 Å².